The third-order valence-corrected chi connectivity index (χ3v) is 2.68. The Morgan fingerprint density at radius 1 is 0.562 bits per heavy atom. The Labute approximate surface area is 101 Å². The van der Waals surface area contributed by atoms with E-state index in [4.69, 9.17) is 44.2 Å². The van der Waals surface area contributed by atoms with Gasteiger partial charge in [-0.3, -0.25) is 0 Å². The highest BCUT2D eigenvalue weighted by Crippen LogP contribution is 2.34. The first-order valence-electron chi connectivity index (χ1n) is 3.77. The van der Waals surface area contributed by atoms with Crippen LogP contribution in [0.4, 0.5) is 0 Å². The zero-order chi connectivity index (χ0) is 12.3. The largest absolute Gasteiger partial charge is 0.192 e. The van der Waals surface area contributed by atoms with Crippen LogP contribution in [0.2, 0.25) is 10.0 Å². The second-order valence-electron chi connectivity index (χ2n) is 2.58. The van der Waals surface area contributed by atoms with Crippen LogP contribution < -0.4 is 0 Å². The normalized spacial score (nSPS) is 8.38. The van der Waals surface area contributed by atoms with Crippen LogP contribution in [-0.4, -0.2) is 0 Å². The highest BCUT2D eigenvalue weighted by Gasteiger charge is 2.21. The second-order valence-corrected chi connectivity index (χ2v) is 3.33. The third kappa shape index (κ3) is 1.54. The van der Waals surface area contributed by atoms with Gasteiger partial charge in [0.1, 0.15) is 24.3 Å². The number of rotatable bonds is 0. The molecule has 0 aliphatic heterocycles. The summed E-state index contributed by atoms with van der Waals surface area (Å²) in [5.41, 5.74) is -0.832. The van der Waals surface area contributed by atoms with Gasteiger partial charge in [-0.05, 0) is 0 Å². The van der Waals surface area contributed by atoms with Crippen LogP contribution in [0.1, 0.15) is 22.3 Å². The van der Waals surface area contributed by atoms with E-state index >= 15 is 0 Å². The maximum Gasteiger partial charge on any atom is 0.102 e. The second kappa shape index (κ2) is 4.52. The molecule has 0 fully saturated rings. The van der Waals surface area contributed by atoms with Crippen LogP contribution in [0.25, 0.3) is 0 Å². The van der Waals surface area contributed by atoms with Crippen molar-refractivity contribution in [1.82, 2.24) is 0 Å². The van der Waals surface area contributed by atoms with E-state index in [-0.39, 0.29) is 32.3 Å². The van der Waals surface area contributed by atoms with Crippen LogP contribution in [0.3, 0.4) is 0 Å². The molecule has 0 N–H and O–H groups in total. The first kappa shape index (κ1) is 11.8. The maximum absolute atomic E-state index is 8.83. The number of halogens is 2. The lowest BCUT2D eigenvalue weighted by Gasteiger charge is -2.05. The van der Waals surface area contributed by atoms with Crippen LogP contribution in [0, 0.1) is 45.3 Å². The van der Waals surface area contributed by atoms with Gasteiger partial charge in [0.25, 0.3) is 0 Å². The highest BCUT2D eigenvalue weighted by molar-refractivity contribution is 6.43. The molecule has 1 rings (SSSR count). The lowest BCUT2D eigenvalue weighted by atomic mass is 9.98. The van der Waals surface area contributed by atoms with E-state index in [1.54, 1.807) is 24.3 Å². The molecule has 0 spiro atoms. The van der Waals surface area contributed by atoms with Gasteiger partial charge >= 0.3 is 0 Å². The molecule has 0 bridgehead atoms. The molecule has 0 saturated carbocycles. The summed E-state index contributed by atoms with van der Waals surface area (Å²) in [5, 5.41) is 34.9. The minimum Gasteiger partial charge on any atom is -0.192 e. The fraction of sp³-hybridized carbons (Fsp3) is 0. The lowest BCUT2D eigenvalue weighted by Crippen LogP contribution is -1.97. The van der Waals surface area contributed by atoms with Crippen LogP contribution >= 0.6 is 23.2 Å². The van der Waals surface area contributed by atoms with Crippen molar-refractivity contribution in [1.29, 1.82) is 21.0 Å². The fourth-order valence-electron chi connectivity index (χ4n) is 1.12. The lowest BCUT2D eigenvalue weighted by molar-refractivity contribution is 1.36. The average molecular weight is 247 g/mol. The molecule has 0 aliphatic rings. The average Bonchev–Trinajstić information content (AvgIpc) is 2.31. The van der Waals surface area contributed by atoms with Crippen molar-refractivity contribution in [2.75, 3.05) is 0 Å². The summed E-state index contributed by atoms with van der Waals surface area (Å²) in [4.78, 5) is 0. The van der Waals surface area contributed by atoms with E-state index in [0.29, 0.717) is 0 Å². The SMILES string of the molecule is N#Cc1c(Cl)c(Cl)c(C#N)c(C#N)c1C#N. The van der Waals surface area contributed by atoms with E-state index in [1.165, 1.54) is 0 Å². The Kier molecular flexibility index (Phi) is 3.34. The van der Waals surface area contributed by atoms with Gasteiger partial charge in [0.2, 0.25) is 0 Å². The summed E-state index contributed by atoms with van der Waals surface area (Å²) in [7, 11) is 0. The topological polar surface area (TPSA) is 95.2 Å². The van der Waals surface area contributed by atoms with Gasteiger partial charge in [-0.2, -0.15) is 21.0 Å². The highest BCUT2D eigenvalue weighted by atomic mass is 35.5. The van der Waals surface area contributed by atoms with Gasteiger partial charge in [-0.25, -0.2) is 0 Å². The van der Waals surface area contributed by atoms with Crippen LogP contribution in [0.5, 0.6) is 0 Å². The van der Waals surface area contributed by atoms with Crippen LogP contribution in [-0.2, 0) is 0 Å². The minimum atomic E-state index is -0.226. The molecule has 16 heavy (non-hydrogen) atoms. The zero-order valence-electron chi connectivity index (χ0n) is 7.54. The molecule has 0 atom stereocenters. The Bertz CT molecular complexity index is 578. The van der Waals surface area contributed by atoms with Gasteiger partial charge in [0.05, 0.1) is 32.3 Å². The van der Waals surface area contributed by atoms with E-state index in [2.05, 4.69) is 0 Å². The smallest absolute Gasteiger partial charge is 0.102 e. The van der Waals surface area contributed by atoms with Gasteiger partial charge < -0.3 is 0 Å². The molecule has 0 aliphatic carbocycles. The summed E-state index contributed by atoms with van der Waals surface area (Å²) in [6, 6.07) is 6.70. The molecule has 4 nitrogen and oxygen atoms in total. The molecule has 0 heterocycles. The molecule has 0 amide bonds. The first-order chi connectivity index (χ1) is 7.62. The zero-order valence-corrected chi connectivity index (χ0v) is 9.06. The Morgan fingerprint density at radius 2 is 0.812 bits per heavy atom. The number of nitrogens with zero attached hydrogens (tertiary/aromatic N) is 4. The summed E-state index contributed by atoms with van der Waals surface area (Å²) < 4.78 is 0. The van der Waals surface area contributed by atoms with E-state index in [9.17, 15) is 0 Å². The predicted octanol–water partition coefficient (Wildman–Crippen LogP) is 2.48. The summed E-state index contributed by atoms with van der Waals surface area (Å²) >= 11 is 11.4. The van der Waals surface area contributed by atoms with Gasteiger partial charge in [0, 0.05) is 0 Å². The number of hydrogen-bond acceptors (Lipinski definition) is 4. The number of nitriles is 4. The number of hydrogen-bond donors (Lipinski definition) is 0. The molecule has 1 aromatic rings. The van der Waals surface area contributed by atoms with Crippen molar-refractivity contribution in [3.63, 3.8) is 0 Å². The van der Waals surface area contributed by atoms with E-state index < -0.39 is 0 Å². The summed E-state index contributed by atoms with van der Waals surface area (Å²) in [6.07, 6.45) is 0. The molecular weight excluding hydrogens is 247 g/mol. The molecule has 0 saturated heterocycles. The molecule has 74 valence electrons. The van der Waals surface area contributed by atoms with E-state index in [1.807, 2.05) is 0 Å². The third-order valence-electron chi connectivity index (χ3n) is 1.83. The van der Waals surface area contributed by atoms with Gasteiger partial charge in [0.15, 0.2) is 0 Å². The maximum atomic E-state index is 8.83. The van der Waals surface area contributed by atoms with Crippen molar-refractivity contribution in [3.05, 3.63) is 32.3 Å². The Morgan fingerprint density at radius 3 is 1.00 bits per heavy atom. The molecule has 0 aromatic heterocycles. The first-order valence-corrected chi connectivity index (χ1v) is 4.53. The summed E-state index contributed by atoms with van der Waals surface area (Å²) in [6.45, 7) is 0. The van der Waals surface area contributed by atoms with Crippen molar-refractivity contribution in [2.45, 2.75) is 0 Å². The molecular formula is C10Cl2N4. The Hall–Kier alpha value is -2.24. The van der Waals surface area contributed by atoms with Crippen molar-refractivity contribution in [2.24, 2.45) is 0 Å². The monoisotopic (exact) mass is 246 g/mol. The van der Waals surface area contributed by atoms with Crippen molar-refractivity contribution in [3.8, 4) is 24.3 Å². The Balaban J connectivity index is 3.99. The summed E-state index contributed by atoms with van der Waals surface area (Å²) in [5.74, 6) is 0. The van der Waals surface area contributed by atoms with Crippen molar-refractivity contribution >= 4 is 23.2 Å². The number of benzene rings is 1. The minimum absolute atomic E-state index is 0.184. The molecule has 1 aromatic carbocycles. The fourth-order valence-corrected chi connectivity index (χ4v) is 1.59. The van der Waals surface area contributed by atoms with E-state index in [0.717, 1.165) is 0 Å². The molecule has 0 radical (unpaired) electrons. The quantitative estimate of drug-likeness (QED) is 0.703. The predicted molar refractivity (Wildman–Crippen MR) is 55.3 cm³/mol. The van der Waals surface area contributed by atoms with Crippen LogP contribution in [0.15, 0.2) is 0 Å². The van der Waals surface area contributed by atoms with Crippen molar-refractivity contribution < 1.29 is 0 Å². The molecule has 0 unspecified atom stereocenters. The van der Waals surface area contributed by atoms with Gasteiger partial charge in [-0.15, -0.1) is 0 Å². The van der Waals surface area contributed by atoms with Gasteiger partial charge in [-0.1, -0.05) is 23.2 Å². The standard InChI is InChI=1S/C10Cl2N4/c11-9-7(3-15)5(1-13)6(2-14)8(4-16)10(9)12. The molecule has 6 heteroatoms.